The van der Waals surface area contributed by atoms with Crippen LogP contribution in [0.25, 0.3) is 0 Å². The van der Waals surface area contributed by atoms with Gasteiger partial charge in [-0.2, -0.15) is 0 Å². The Balaban J connectivity index is 1.77. The average Bonchev–Trinajstić information content (AvgIpc) is 2.55. The normalized spacial score (nSPS) is 21.0. The van der Waals surface area contributed by atoms with E-state index < -0.39 is 0 Å². The molecule has 2 unspecified atom stereocenters. The van der Waals surface area contributed by atoms with Crippen molar-refractivity contribution in [1.82, 2.24) is 5.32 Å². The topological polar surface area (TPSA) is 21.3 Å². The van der Waals surface area contributed by atoms with Crippen LogP contribution in [0.5, 0.6) is 0 Å². The number of hydrogen-bond donors (Lipinski definition) is 1. The minimum atomic E-state index is -0.208. The van der Waals surface area contributed by atoms with Gasteiger partial charge in [-0.3, -0.25) is 0 Å². The van der Waals surface area contributed by atoms with Gasteiger partial charge in [-0.15, -0.1) is 0 Å². The molecule has 128 valence electrons. The Morgan fingerprint density at radius 3 is 2.67 bits per heavy atom. The van der Waals surface area contributed by atoms with E-state index in [2.05, 4.69) is 5.32 Å². The molecule has 0 aliphatic carbocycles. The summed E-state index contributed by atoms with van der Waals surface area (Å²) in [7, 11) is 0. The Morgan fingerprint density at radius 2 is 1.96 bits per heavy atom. The van der Waals surface area contributed by atoms with Gasteiger partial charge in [0.1, 0.15) is 5.82 Å². The maximum atomic E-state index is 13.4. The lowest BCUT2D eigenvalue weighted by molar-refractivity contribution is 0.00685. The largest absolute Gasteiger partial charge is 0.373 e. The molecule has 0 spiro atoms. The average molecular weight is 368 g/mol. The van der Waals surface area contributed by atoms with Crippen LogP contribution in [0.3, 0.4) is 0 Å². The highest BCUT2D eigenvalue weighted by molar-refractivity contribution is 6.35. The van der Waals surface area contributed by atoms with Crippen LogP contribution in [0, 0.1) is 12.7 Å². The molecule has 24 heavy (non-hydrogen) atoms. The molecule has 1 N–H and O–H groups in total. The number of nitrogens with one attached hydrogen (secondary N) is 1. The fourth-order valence-electron chi connectivity index (χ4n) is 3.26. The van der Waals surface area contributed by atoms with Crippen LogP contribution < -0.4 is 5.32 Å². The van der Waals surface area contributed by atoms with Gasteiger partial charge in [-0.05, 0) is 55.3 Å². The Morgan fingerprint density at radius 1 is 1.21 bits per heavy atom. The first-order valence-electron chi connectivity index (χ1n) is 8.07. The SMILES string of the molecule is Cc1cc(F)ccc1C1CNCCC1OCc1c(Cl)cccc1Cl. The zero-order valence-corrected chi connectivity index (χ0v) is 15.0. The maximum absolute atomic E-state index is 13.4. The van der Waals surface area contributed by atoms with Gasteiger partial charge in [0.25, 0.3) is 0 Å². The first-order valence-corrected chi connectivity index (χ1v) is 8.83. The molecule has 0 saturated carbocycles. The smallest absolute Gasteiger partial charge is 0.123 e. The highest BCUT2D eigenvalue weighted by Gasteiger charge is 2.28. The molecule has 1 fully saturated rings. The van der Waals surface area contributed by atoms with E-state index in [1.807, 2.05) is 31.2 Å². The van der Waals surface area contributed by atoms with E-state index in [1.165, 1.54) is 6.07 Å². The molecular weight excluding hydrogens is 348 g/mol. The van der Waals surface area contributed by atoms with Crippen LogP contribution in [0.15, 0.2) is 36.4 Å². The predicted octanol–water partition coefficient (Wildman–Crippen LogP) is 5.10. The summed E-state index contributed by atoms with van der Waals surface area (Å²) in [6, 6.07) is 10.4. The van der Waals surface area contributed by atoms with Gasteiger partial charge in [0.15, 0.2) is 0 Å². The second kappa shape index (κ2) is 7.83. The van der Waals surface area contributed by atoms with E-state index in [9.17, 15) is 4.39 Å². The number of aryl methyl sites for hydroxylation is 1. The van der Waals surface area contributed by atoms with E-state index in [0.29, 0.717) is 16.7 Å². The summed E-state index contributed by atoms with van der Waals surface area (Å²) in [5.74, 6) is -0.0269. The molecule has 5 heteroatoms. The molecule has 2 aromatic rings. The van der Waals surface area contributed by atoms with E-state index in [1.54, 1.807) is 6.07 Å². The highest BCUT2D eigenvalue weighted by atomic mass is 35.5. The summed E-state index contributed by atoms with van der Waals surface area (Å²) in [5.41, 5.74) is 2.89. The molecule has 1 saturated heterocycles. The first-order chi connectivity index (χ1) is 11.6. The molecular formula is C19H20Cl2FNO. The molecule has 2 nitrogen and oxygen atoms in total. The summed E-state index contributed by atoms with van der Waals surface area (Å²) in [6.45, 7) is 4.03. The second-order valence-corrected chi connectivity index (χ2v) is 6.96. The zero-order chi connectivity index (χ0) is 17.1. The Labute approximate surface area is 151 Å². The van der Waals surface area contributed by atoms with E-state index in [0.717, 1.165) is 36.2 Å². The number of rotatable bonds is 4. The summed E-state index contributed by atoms with van der Waals surface area (Å²) in [6.07, 6.45) is 0.937. The maximum Gasteiger partial charge on any atom is 0.123 e. The number of piperidine rings is 1. The number of hydrogen-bond acceptors (Lipinski definition) is 2. The minimum absolute atomic E-state index is 0.0442. The summed E-state index contributed by atoms with van der Waals surface area (Å²) in [5, 5.41) is 4.63. The number of halogens is 3. The van der Waals surface area contributed by atoms with Gasteiger partial charge in [0, 0.05) is 28.1 Å². The van der Waals surface area contributed by atoms with Crippen molar-refractivity contribution >= 4 is 23.2 Å². The molecule has 0 bridgehead atoms. The van der Waals surface area contributed by atoms with Gasteiger partial charge in [0.05, 0.1) is 12.7 Å². The van der Waals surface area contributed by atoms with Crippen molar-refractivity contribution in [1.29, 1.82) is 0 Å². The van der Waals surface area contributed by atoms with Gasteiger partial charge >= 0.3 is 0 Å². The third kappa shape index (κ3) is 3.92. The Hall–Kier alpha value is -1.13. The van der Waals surface area contributed by atoms with E-state index in [-0.39, 0.29) is 17.8 Å². The van der Waals surface area contributed by atoms with Crippen LogP contribution in [-0.4, -0.2) is 19.2 Å². The third-order valence-electron chi connectivity index (χ3n) is 4.55. The first kappa shape index (κ1) is 17.7. The molecule has 2 atom stereocenters. The van der Waals surface area contributed by atoms with Crippen LogP contribution in [0.2, 0.25) is 10.0 Å². The highest BCUT2D eigenvalue weighted by Crippen LogP contribution is 2.31. The van der Waals surface area contributed by atoms with Crippen LogP contribution in [-0.2, 0) is 11.3 Å². The monoisotopic (exact) mass is 367 g/mol. The molecule has 0 radical (unpaired) electrons. The summed E-state index contributed by atoms with van der Waals surface area (Å²) in [4.78, 5) is 0. The molecule has 2 aromatic carbocycles. The van der Waals surface area contributed by atoms with Gasteiger partial charge < -0.3 is 10.1 Å². The molecule has 1 aliphatic heterocycles. The second-order valence-electron chi connectivity index (χ2n) is 6.15. The Kier molecular flexibility index (Phi) is 5.77. The van der Waals surface area contributed by atoms with E-state index >= 15 is 0 Å². The van der Waals surface area contributed by atoms with Gasteiger partial charge in [-0.1, -0.05) is 35.3 Å². The van der Waals surface area contributed by atoms with Crippen molar-refractivity contribution in [3.05, 3.63) is 69.0 Å². The summed E-state index contributed by atoms with van der Waals surface area (Å²) < 4.78 is 19.6. The number of benzene rings is 2. The number of ether oxygens (including phenoxy) is 1. The quantitative estimate of drug-likeness (QED) is 0.811. The summed E-state index contributed by atoms with van der Waals surface area (Å²) >= 11 is 12.4. The van der Waals surface area contributed by atoms with Crippen LogP contribution in [0.4, 0.5) is 4.39 Å². The fraction of sp³-hybridized carbons (Fsp3) is 0.368. The fourth-order valence-corrected chi connectivity index (χ4v) is 3.77. The third-order valence-corrected chi connectivity index (χ3v) is 5.26. The lowest BCUT2D eigenvalue weighted by Gasteiger charge is -2.33. The van der Waals surface area contributed by atoms with Gasteiger partial charge in [0.2, 0.25) is 0 Å². The lowest BCUT2D eigenvalue weighted by atomic mass is 9.86. The van der Waals surface area contributed by atoms with Crippen molar-refractivity contribution in [3.8, 4) is 0 Å². The molecule has 0 amide bonds. The minimum Gasteiger partial charge on any atom is -0.373 e. The van der Waals surface area contributed by atoms with Crippen LogP contribution >= 0.6 is 23.2 Å². The van der Waals surface area contributed by atoms with Crippen molar-refractivity contribution < 1.29 is 9.13 Å². The van der Waals surface area contributed by atoms with Crippen molar-refractivity contribution in [3.63, 3.8) is 0 Å². The van der Waals surface area contributed by atoms with Crippen molar-refractivity contribution in [2.24, 2.45) is 0 Å². The molecule has 1 aliphatic rings. The molecule has 3 rings (SSSR count). The van der Waals surface area contributed by atoms with Gasteiger partial charge in [-0.25, -0.2) is 4.39 Å². The van der Waals surface area contributed by atoms with Crippen molar-refractivity contribution in [2.75, 3.05) is 13.1 Å². The molecule has 1 heterocycles. The zero-order valence-electron chi connectivity index (χ0n) is 13.5. The van der Waals surface area contributed by atoms with E-state index in [4.69, 9.17) is 27.9 Å². The lowest BCUT2D eigenvalue weighted by Crippen LogP contribution is -2.40. The van der Waals surface area contributed by atoms with Crippen molar-refractivity contribution in [2.45, 2.75) is 32.0 Å². The van der Waals surface area contributed by atoms with Crippen LogP contribution in [0.1, 0.15) is 29.0 Å². The standard InChI is InChI=1S/C19H20Cl2FNO/c1-12-9-13(22)5-6-14(12)15-10-23-8-7-19(15)24-11-16-17(20)3-2-4-18(16)21/h2-6,9,15,19,23H,7-8,10-11H2,1H3. The molecule has 0 aromatic heterocycles. The Bertz CT molecular complexity index is 702. The predicted molar refractivity (Wildman–Crippen MR) is 96.4 cm³/mol.